The molecule has 0 radical (unpaired) electrons. The SMILES string of the molecule is COC(=O)c1cc(C(C)(C)C2(N)CC2)n(C)n1. The lowest BCUT2D eigenvalue weighted by atomic mass is 9.79. The number of nitrogens with two attached hydrogens (primary N) is 1. The zero-order valence-electron chi connectivity index (χ0n) is 10.8. The maximum absolute atomic E-state index is 11.4. The predicted octanol–water partition coefficient (Wildman–Crippen LogP) is 0.976. The van der Waals surface area contributed by atoms with Crippen LogP contribution in [-0.2, 0) is 17.2 Å². The van der Waals surface area contributed by atoms with Crippen molar-refractivity contribution in [3.8, 4) is 0 Å². The molecule has 2 rings (SSSR count). The normalized spacial score (nSPS) is 17.9. The minimum Gasteiger partial charge on any atom is -0.464 e. The maximum atomic E-state index is 11.4. The zero-order chi connectivity index (χ0) is 12.8. The predicted molar refractivity (Wildman–Crippen MR) is 63.7 cm³/mol. The number of carbonyl (C=O) groups excluding carboxylic acids is 1. The highest BCUT2D eigenvalue weighted by atomic mass is 16.5. The highest BCUT2D eigenvalue weighted by molar-refractivity contribution is 5.87. The van der Waals surface area contributed by atoms with E-state index in [1.165, 1.54) is 7.11 Å². The molecule has 94 valence electrons. The molecule has 1 fully saturated rings. The number of esters is 1. The first-order valence-corrected chi connectivity index (χ1v) is 5.73. The summed E-state index contributed by atoms with van der Waals surface area (Å²) >= 11 is 0. The first kappa shape index (κ1) is 12.1. The van der Waals surface area contributed by atoms with Crippen LogP contribution in [0.1, 0.15) is 42.9 Å². The lowest BCUT2D eigenvalue weighted by molar-refractivity contribution is 0.0593. The molecular weight excluding hydrogens is 218 g/mol. The van der Waals surface area contributed by atoms with E-state index in [9.17, 15) is 4.79 Å². The molecule has 1 aromatic rings. The second kappa shape index (κ2) is 3.57. The van der Waals surface area contributed by atoms with Gasteiger partial charge in [-0.1, -0.05) is 13.8 Å². The molecule has 5 nitrogen and oxygen atoms in total. The summed E-state index contributed by atoms with van der Waals surface area (Å²) in [4.78, 5) is 11.4. The molecule has 0 atom stereocenters. The van der Waals surface area contributed by atoms with Crippen molar-refractivity contribution in [2.45, 2.75) is 37.6 Å². The molecule has 1 aliphatic rings. The number of rotatable bonds is 3. The van der Waals surface area contributed by atoms with E-state index < -0.39 is 5.97 Å². The van der Waals surface area contributed by atoms with Crippen molar-refractivity contribution < 1.29 is 9.53 Å². The highest BCUT2D eigenvalue weighted by Crippen LogP contribution is 2.49. The van der Waals surface area contributed by atoms with Gasteiger partial charge in [0.15, 0.2) is 5.69 Å². The van der Waals surface area contributed by atoms with E-state index in [4.69, 9.17) is 5.73 Å². The van der Waals surface area contributed by atoms with Crippen LogP contribution in [0.2, 0.25) is 0 Å². The number of ether oxygens (including phenoxy) is 1. The van der Waals surface area contributed by atoms with Crippen molar-refractivity contribution in [2.75, 3.05) is 7.11 Å². The fourth-order valence-electron chi connectivity index (χ4n) is 2.27. The van der Waals surface area contributed by atoms with E-state index >= 15 is 0 Å². The summed E-state index contributed by atoms with van der Waals surface area (Å²) in [7, 11) is 3.18. The van der Waals surface area contributed by atoms with Gasteiger partial charge in [0.2, 0.25) is 0 Å². The Morgan fingerprint density at radius 3 is 2.65 bits per heavy atom. The van der Waals surface area contributed by atoms with Crippen LogP contribution in [0.15, 0.2) is 6.07 Å². The van der Waals surface area contributed by atoms with Crippen LogP contribution in [0.4, 0.5) is 0 Å². The zero-order valence-corrected chi connectivity index (χ0v) is 10.8. The van der Waals surface area contributed by atoms with Gasteiger partial charge in [-0.25, -0.2) is 4.79 Å². The van der Waals surface area contributed by atoms with Gasteiger partial charge in [0.1, 0.15) is 0 Å². The molecule has 5 heteroatoms. The Hall–Kier alpha value is -1.36. The molecular formula is C12H19N3O2. The largest absolute Gasteiger partial charge is 0.464 e. The summed E-state index contributed by atoms with van der Waals surface area (Å²) in [5.74, 6) is -0.412. The second-order valence-electron chi connectivity index (χ2n) is 5.31. The molecule has 2 N–H and O–H groups in total. The van der Waals surface area contributed by atoms with Gasteiger partial charge in [0.05, 0.1) is 7.11 Å². The molecule has 1 aromatic heterocycles. The van der Waals surface area contributed by atoms with Crippen LogP contribution in [-0.4, -0.2) is 28.4 Å². The lowest BCUT2D eigenvalue weighted by Gasteiger charge is -2.31. The third-order valence-corrected chi connectivity index (χ3v) is 3.95. The van der Waals surface area contributed by atoms with E-state index in [1.807, 2.05) is 7.05 Å². The quantitative estimate of drug-likeness (QED) is 0.795. The number of aryl methyl sites for hydroxylation is 1. The Labute approximate surface area is 101 Å². The lowest BCUT2D eigenvalue weighted by Crippen LogP contribution is -2.44. The molecule has 0 amide bonds. The van der Waals surface area contributed by atoms with Gasteiger partial charge in [-0.15, -0.1) is 0 Å². The fraction of sp³-hybridized carbons (Fsp3) is 0.667. The number of hydrogen-bond acceptors (Lipinski definition) is 4. The molecule has 0 bridgehead atoms. The van der Waals surface area contributed by atoms with Gasteiger partial charge in [-0.3, -0.25) is 4.68 Å². The van der Waals surface area contributed by atoms with Crippen LogP contribution < -0.4 is 5.73 Å². The Morgan fingerprint density at radius 1 is 1.59 bits per heavy atom. The first-order chi connectivity index (χ1) is 7.82. The van der Waals surface area contributed by atoms with Crippen LogP contribution in [0.3, 0.4) is 0 Å². The summed E-state index contributed by atoms with van der Waals surface area (Å²) in [6, 6.07) is 1.78. The Balaban J connectivity index is 2.39. The molecule has 0 unspecified atom stereocenters. The van der Waals surface area contributed by atoms with Gasteiger partial charge in [-0.2, -0.15) is 5.10 Å². The van der Waals surface area contributed by atoms with Crippen molar-refractivity contribution in [2.24, 2.45) is 12.8 Å². The van der Waals surface area contributed by atoms with Gasteiger partial charge >= 0.3 is 5.97 Å². The van der Waals surface area contributed by atoms with E-state index in [0.29, 0.717) is 5.69 Å². The minimum absolute atomic E-state index is 0.172. The number of hydrogen-bond donors (Lipinski definition) is 1. The van der Waals surface area contributed by atoms with Crippen LogP contribution in [0.5, 0.6) is 0 Å². The highest BCUT2D eigenvalue weighted by Gasteiger charge is 2.53. The molecule has 0 aliphatic heterocycles. The summed E-state index contributed by atoms with van der Waals surface area (Å²) in [6.45, 7) is 4.19. The van der Waals surface area contributed by atoms with Crippen LogP contribution in [0.25, 0.3) is 0 Å². The third-order valence-electron chi connectivity index (χ3n) is 3.95. The average molecular weight is 237 g/mol. The molecule has 0 saturated heterocycles. The van der Waals surface area contributed by atoms with Crippen molar-refractivity contribution >= 4 is 5.97 Å². The number of aromatic nitrogens is 2. The molecule has 17 heavy (non-hydrogen) atoms. The first-order valence-electron chi connectivity index (χ1n) is 5.73. The van der Waals surface area contributed by atoms with E-state index in [1.54, 1.807) is 10.7 Å². The molecule has 1 saturated carbocycles. The van der Waals surface area contributed by atoms with Crippen molar-refractivity contribution in [1.29, 1.82) is 0 Å². The maximum Gasteiger partial charge on any atom is 0.358 e. The molecule has 0 spiro atoms. The van der Waals surface area contributed by atoms with Crippen LogP contribution >= 0.6 is 0 Å². The standard InChI is InChI=1S/C12H19N3O2/c1-11(2,12(13)5-6-12)9-7-8(10(16)17-4)14-15(9)3/h7H,5-6,13H2,1-4H3. The molecule has 1 aliphatic carbocycles. The van der Waals surface area contributed by atoms with E-state index in [-0.39, 0.29) is 11.0 Å². The number of carbonyl (C=O) groups is 1. The summed E-state index contributed by atoms with van der Waals surface area (Å²) in [5.41, 5.74) is 7.23. The van der Waals surface area contributed by atoms with Gasteiger partial charge in [0, 0.05) is 23.7 Å². The van der Waals surface area contributed by atoms with Crippen molar-refractivity contribution in [3.05, 3.63) is 17.5 Å². The summed E-state index contributed by atoms with van der Waals surface area (Å²) in [6.07, 6.45) is 2.03. The van der Waals surface area contributed by atoms with Gasteiger partial charge < -0.3 is 10.5 Å². The van der Waals surface area contributed by atoms with Crippen LogP contribution in [0, 0.1) is 0 Å². The van der Waals surface area contributed by atoms with Crippen molar-refractivity contribution in [1.82, 2.24) is 9.78 Å². The molecule has 0 aromatic carbocycles. The van der Waals surface area contributed by atoms with E-state index in [0.717, 1.165) is 18.5 Å². The Bertz CT molecular complexity index is 458. The Morgan fingerprint density at radius 2 is 2.18 bits per heavy atom. The molecule has 1 heterocycles. The smallest absolute Gasteiger partial charge is 0.358 e. The minimum atomic E-state index is -0.412. The third kappa shape index (κ3) is 1.74. The van der Waals surface area contributed by atoms with Gasteiger partial charge in [-0.05, 0) is 18.9 Å². The number of nitrogens with zero attached hydrogens (tertiary/aromatic N) is 2. The fourth-order valence-corrected chi connectivity index (χ4v) is 2.27. The number of methoxy groups -OCH3 is 1. The average Bonchev–Trinajstić information content (AvgIpc) is 2.90. The van der Waals surface area contributed by atoms with Crippen molar-refractivity contribution in [3.63, 3.8) is 0 Å². The Kier molecular flexibility index (Phi) is 2.54. The second-order valence-corrected chi connectivity index (χ2v) is 5.31. The summed E-state index contributed by atoms with van der Waals surface area (Å²) in [5, 5.41) is 4.18. The monoisotopic (exact) mass is 237 g/mol. The van der Waals surface area contributed by atoms with E-state index in [2.05, 4.69) is 23.7 Å². The van der Waals surface area contributed by atoms with Gasteiger partial charge in [0.25, 0.3) is 0 Å². The summed E-state index contributed by atoms with van der Waals surface area (Å²) < 4.78 is 6.39. The topological polar surface area (TPSA) is 70.1 Å².